The molecule has 0 spiro atoms. The van der Waals surface area contributed by atoms with E-state index < -0.39 is 112 Å². The third-order valence-corrected chi connectivity index (χ3v) is 6.69. The molecule has 1 N–H and O–H groups in total. The van der Waals surface area contributed by atoms with Gasteiger partial charge in [-0.05, 0) is 6.42 Å². The quantitative estimate of drug-likeness (QED) is 0.0470. The number of nitrogens with one attached hydrogen (secondary N) is 1. The Morgan fingerprint density at radius 3 is 1.70 bits per heavy atom. The minimum absolute atomic E-state index is 0. The smallest absolute Gasteiger partial charge is 0.744 e. The minimum Gasteiger partial charge on any atom is -0.744 e. The number of alkyl halides is 13. The molecule has 10 nitrogen and oxygen atoms in total. The molecule has 1 heterocycles. The molecule has 0 atom stereocenters. The SMILES string of the molecule is O=C(CI)NCCCC(F)(F)C(F)(F)C(F)(F)C(F)(F)C(F)(F)C(F)(F)CCC(=O)ON1C(=O)C=C(S(=O)(=O)[O-])C1=O.[Na+]. The van der Waals surface area contributed by atoms with Gasteiger partial charge in [-0.15, -0.1) is 0 Å². The molecule has 0 saturated carbocycles. The first kappa shape index (κ1) is 41.6. The number of rotatable bonds is 15. The molecule has 0 radical (unpaired) electrons. The van der Waals surface area contributed by atoms with E-state index in [-0.39, 0.29) is 40.1 Å². The van der Waals surface area contributed by atoms with E-state index >= 15 is 0 Å². The minimum atomic E-state index is -7.93. The van der Waals surface area contributed by atoms with Crippen LogP contribution in [-0.4, -0.2) is 88.2 Å². The molecular weight excluding hydrogens is 782 g/mol. The van der Waals surface area contributed by atoms with E-state index in [1.807, 2.05) is 5.32 Å². The molecule has 0 unspecified atom stereocenters. The number of imide groups is 1. The molecule has 0 aromatic rings. The number of carbonyl (C=O) groups excluding carboxylic acids is 4. The molecule has 1 aliphatic rings. The van der Waals surface area contributed by atoms with E-state index in [9.17, 15) is 84.8 Å². The predicted molar refractivity (Wildman–Crippen MR) is 116 cm³/mol. The van der Waals surface area contributed by atoms with Gasteiger partial charge in [0.05, 0.1) is 10.8 Å². The van der Waals surface area contributed by atoms with Crippen molar-refractivity contribution in [1.82, 2.24) is 10.4 Å². The number of halogens is 13. The summed E-state index contributed by atoms with van der Waals surface area (Å²) in [5, 5.41) is 0.969. The van der Waals surface area contributed by atoms with Crippen LogP contribution in [0.1, 0.15) is 25.7 Å². The normalized spacial score (nSPS) is 15.7. The fraction of sp³-hybridized carbons (Fsp3) is 0.667. The molecule has 3 amide bonds. The Hall–Kier alpha value is -1.38. The summed E-state index contributed by atoms with van der Waals surface area (Å²) in [7, 11) is -5.67. The van der Waals surface area contributed by atoms with Crippen molar-refractivity contribution >= 4 is 56.4 Å². The fourth-order valence-electron chi connectivity index (χ4n) is 2.86. The molecule has 0 aromatic carbocycles. The first-order chi connectivity index (χ1) is 18.6. The van der Waals surface area contributed by atoms with Gasteiger partial charge < -0.3 is 14.7 Å². The van der Waals surface area contributed by atoms with Gasteiger partial charge >= 0.3 is 77.0 Å². The van der Waals surface area contributed by atoms with Crippen molar-refractivity contribution in [2.75, 3.05) is 11.0 Å². The number of carbonyl (C=O) groups is 4. The van der Waals surface area contributed by atoms with Gasteiger partial charge in [-0.25, -0.2) is 13.2 Å². The molecule has 0 bridgehead atoms. The molecule has 43 heavy (non-hydrogen) atoms. The maximum absolute atomic E-state index is 14.0. The van der Waals surface area contributed by atoms with Crippen LogP contribution >= 0.6 is 22.6 Å². The zero-order valence-electron chi connectivity index (χ0n) is 20.9. The van der Waals surface area contributed by atoms with Crippen molar-refractivity contribution in [2.24, 2.45) is 0 Å². The van der Waals surface area contributed by atoms with Crippen LogP contribution < -0.4 is 34.9 Å². The van der Waals surface area contributed by atoms with E-state index in [0.717, 1.165) is 0 Å². The number of hydrogen-bond donors (Lipinski definition) is 1. The largest absolute Gasteiger partial charge is 1.00 e. The third-order valence-electron chi connectivity index (χ3n) is 5.17. The fourth-order valence-corrected chi connectivity index (χ4v) is 3.67. The Morgan fingerprint density at radius 2 is 1.30 bits per heavy atom. The van der Waals surface area contributed by atoms with Crippen molar-refractivity contribution in [3.63, 3.8) is 0 Å². The summed E-state index contributed by atoms with van der Waals surface area (Å²) >= 11 is 1.47. The van der Waals surface area contributed by atoms with E-state index in [4.69, 9.17) is 0 Å². The molecule has 25 heteroatoms. The number of hydrogen-bond acceptors (Lipinski definition) is 8. The van der Waals surface area contributed by atoms with Crippen molar-refractivity contribution in [1.29, 1.82) is 0 Å². The molecular formula is C18H14F12IN2NaO8S. The summed E-state index contributed by atoms with van der Waals surface area (Å²) in [6.45, 7) is -0.876. The zero-order chi connectivity index (χ0) is 33.3. The monoisotopic (exact) mass is 796 g/mol. The van der Waals surface area contributed by atoms with Gasteiger partial charge in [0.2, 0.25) is 5.91 Å². The average Bonchev–Trinajstić information content (AvgIpc) is 3.13. The van der Waals surface area contributed by atoms with Crippen LogP contribution in [0, 0.1) is 0 Å². The number of nitrogens with zero attached hydrogens (tertiary/aromatic N) is 1. The van der Waals surface area contributed by atoms with E-state index in [2.05, 4.69) is 4.84 Å². The second-order valence-corrected chi connectivity index (χ2v) is 10.3. The van der Waals surface area contributed by atoms with Crippen LogP contribution in [0.15, 0.2) is 11.0 Å². The van der Waals surface area contributed by atoms with Gasteiger partial charge in [0.1, 0.15) is 15.0 Å². The molecule has 1 rings (SSSR count). The van der Waals surface area contributed by atoms with Gasteiger partial charge in [0.25, 0.3) is 5.91 Å². The number of amides is 3. The van der Waals surface area contributed by atoms with Crippen LogP contribution in [0.2, 0.25) is 0 Å². The first-order valence-electron chi connectivity index (χ1n) is 10.5. The van der Waals surface area contributed by atoms with Crippen molar-refractivity contribution in [3.05, 3.63) is 11.0 Å². The summed E-state index contributed by atoms with van der Waals surface area (Å²) < 4.78 is 200. The van der Waals surface area contributed by atoms with E-state index in [1.165, 1.54) is 22.6 Å². The topological polar surface area (TPSA) is 150 Å². The Labute approximate surface area is 268 Å². The zero-order valence-corrected chi connectivity index (χ0v) is 25.8. The molecule has 0 aromatic heterocycles. The molecule has 0 aliphatic carbocycles. The maximum atomic E-state index is 14.0. The molecule has 0 saturated heterocycles. The van der Waals surface area contributed by atoms with Crippen molar-refractivity contribution < 1.29 is 119 Å². The summed E-state index contributed by atoms with van der Waals surface area (Å²) in [6, 6.07) is 0. The van der Waals surface area contributed by atoms with Crippen LogP contribution in [0.3, 0.4) is 0 Å². The Balaban J connectivity index is 0.0000176. The van der Waals surface area contributed by atoms with Gasteiger partial charge in [0.15, 0.2) is 0 Å². The van der Waals surface area contributed by atoms with Crippen LogP contribution in [0.25, 0.3) is 0 Å². The van der Waals surface area contributed by atoms with Gasteiger partial charge in [-0.1, -0.05) is 27.7 Å². The van der Waals surface area contributed by atoms with Gasteiger partial charge in [-0.3, -0.25) is 14.4 Å². The van der Waals surface area contributed by atoms with Crippen LogP contribution in [0.4, 0.5) is 52.7 Å². The van der Waals surface area contributed by atoms with E-state index in [0.29, 0.717) is 0 Å². The Bertz CT molecular complexity index is 1250. The third kappa shape index (κ3) is 8.26. The second kappa shape index (κ2) is 13.9. The van der Waals surface area contributed by atoms with Crippen LogP contribution in [0.5, 0.6) is 0 Å². The Morgan fingerprint density at radius 1 is 0.860 bits per heavy atom. The summed E-state index contributed by atoms with van der Waals surface area (Å²) in [5.74, 6) is -50.9. The molecule has 242 valence electrons. The Kier molecular flexibility index (Phi) is 13.5. The van der Waals surface area contributed by atoms with E-state index in [1.54, 1.807) is 0 Å². The summed E-state index contributed by atoms with van der Waals surface area (Å²) in [5.41, 5.74) is 0. The number of hydroxylamine groups is 2. The summed E-state index contributed by atoms with van der Waals surface area (Å²) in [4.78, 5) is 47.5. The van der Waals surface area contributed by atoms with Gasteiger partial charge in [-0.2, -0.15) is 52.7 Å². The predicted octanol–water partition coefficient (Wildman–Crippen LogP) is 0.170. The standard InChI is InChI=1S/C18H15F12IN2O8S.Na/c19-13(20,3-1-5-32-9(34)7-31)15(23,24)17(27,28)18(29,30)16(25,26)14(21,22)4-2-11(36)41-33-10(35)6-8(12(33)37)42(38,39)40;/h6H,1-5,7H2,(H,32,34)(H,38,39,40);/q;+1/p-1. The summed E-state index contributed by atoms with van der Waals surface area (Å²) in [6.07, 6.45) is -9.16. The van der Waals surface area contributed by atoms with Crippen molar-refractivity contribution in [2.45, 2.75) is 61.2 Å². The molecule has 1 aliphatic heterocycles. The average molecular weight is 796 g/mol. The first-order valence-corrected chi connectivity index (χ1v) is 13.4. The molecule has 0 fully saturated rings. The van der Waals surface area contributed by atoms with Crippen molar-refractivity contribution in [3.8, 4) is 0 Å². The maximum Gasteiger partial charge on any atom is 1.00 e. The second-order valence-electron chi connectivity index (χ2n) is 8.16. The van der Waals surface area contributed by atoms with Gasteiger partial charge in [0, 0.05) is 25.5 Å². The van der Waals surface area contributed by atoms with Crippen LogP contribution in [-0.2, 0) is 34.1 Å².